The van der Waals surface area contributed by atoms with Crippen LogP contribution in [-0.2, 0) is 11.3 Å². The third-order valence-corrected chi connectivity index (χ3v) is 3.77. The number of likely N-dealkylation sites (N-methyl/N-ethyl adjacent to an activating group) is 1. The van der Waals surface area contributed by atoms with Crippen molar-refractivity contribution in [3.8, 4) is 5.75 Å². The third kappa shape index (κ3) is 5.52. The maximum atomic E-state index is 12.4. The standard InChI is InChI=1S/C18H19F2N3O3/c1-23(11-12-7-9-14(10-8-12)26-17(19)20)15(16(24)22-18(21)25)13-5-3-2-4-6-13/h2-10,15,17H,11H2,1H3,(H3,21,22,24,25)/p+1/t15-/m0/s1. The van der Waals surface area contributed by atoms with Crippen molar-refractivity contribution < 1.29 is 28.0 Å². The van der Waals surface area contributed by atoms with Crippen molar-refractivity contribution in [2.24, 2.45) is 5.73 Å². The molecule has 0 radical (unpaired) electrons. The van der Waals surface area contributed by atoms with Gasteiger partial charge in [-0.2, -0.15) is 8.78 Å². The number of rotatable bonds is 7. The molecule has 2 aromatic rings. The number of quaternary nitrogens is 1. The molecule has 1 unspecified atom stereocenters. The number of carbonyl (C=O) groups excluding carboxylic acids is 2. The molecule has 2 atom stereocenters. The fraction of sp³-hybridized carbons (Fsp3) is 0.222. The molecule has 6 nitrogen and oxygen atoms in total. The minimum atomic E-state index is -2.88. The molecule has 0 aromatic heterocycles. The Labute approximate surface area is 149 Å². The molecule has 0 saturated carbocycles. The van der Waals surface area contributed by atoms with Crippen molar-refractivity contribution in [3.63, 3.8) is 0 Å². The van der Waals surface area contributed by atoms with Crippen LogP contribution < -0.4 is 20.7 Å². The van der Waals surface area contributed by atoms with E-state index < -0.39 is 24.6 Å². The molecule has 0 aliphatic rings. The van der Waals surface area contributed by atoms with Crippen LogP contribution in [0.25, 0.3) is 0 Å². The molecule has 138 valence electrons. The number of nitrogens with two attached hydrogens (primary N) is 1. The van der Waals surface area contributed by atoms with E-state index in [1.165, 1.54) is 12.1 Å². The zero-order valence-corrected chi connectivity index (χ0v) is 14.1. The molecule has 0 aliphatic heterocycles. The summed E-state index contributed by atoms with van der Waals surface area (Å²) in [5, 5.41) is 2.11. The smallest absolute Gasteiger partial charge is 0.387 e. The van der Waals surface area contributed by atoms with Gasteiger partial charge in [0.15, 0.2) is 6.04 Å². The number of carbonyl (C=O) groups is 2. The van der Waals surface area contributed by atoms with E-state index in [2.05, 4.69) is 10.1 Å². The Balaban J connectivity index is 2.17. The highest BCUT2D eigenvalue weighted by molar-refractivity contribution is 5.96. The van der Waals surface area contributed by atoms with Gasteiger partial charge in [0.25, 0.3) is 5.91 Å². The van der Waals surface area contributed by atoms with E-state index >= 15 is 0 Å². The van der Waals surface area contributed by atoms with Gasteiger partial charge in [0.05, 0.1) is 7.05 Å². The van der Waals surface area contributed by atoms with Gasteiger partial charge in [-0.05, 0) is 24.3 Å². The van der Waals surface area contributed by atoms with E-state index in [1.54, 1.807) is 43.4 Å². The maximum Gasteiger partial charge on any atom is 0.387 e. The second-order valence-corrected chi connectivity index (χ2v) is 5.74. The quantitative estimate of drug-likeness (QED) is 0.691. The molecule has 8 heteroatoms. The van der Waals surface area contributed by atoms with Gasteiger partial charge in [0.2, 0.25) is 0 Å². The van der Waals surface area contributed by atoms with E-state index in [0.717, 1.165) is 16.0 Å². The number of amides is 3. The normalized spacial score (nSPS) is 13.1. The molecule has 0 fully saturated rings. The Morgan fingerprint density at radius 3 is 2.27 bits per heavy atom. The number of ether oxygens (including phenoxy) is 1. The van der Waals surface area contributed by atoms with Crippen LogP contribution in [0.5, 0.6) is 5.75 Å². The maximum absolute atomic E-state index is 12.4. The molecule has 0 spiro atoms. The SMILES string of the molecule is C[NH+](Cc1ccc(OC(F)F)cc1)[C@H](C(=O)NC(N)=O)c1ccccc1. The molecule has 4 N–H and O–H groups in total. The highest BCUT2D eigenvalue weighted by Gasteiger charge is 2.29. The first-order valence-corrected chi connectivity index (χ1v) is 7.88. The first kappa shape index (κ1) is 19.3. The van der Waals surface area contributed by atoms with E-state index in [1.807, 2.05) is 6.07 Å². The van der Waals surface area contributed by atoms with Gasteiger partial charge >= 0.3 is 12.6 Å². The highest BCUT2D eigenvalue weighted by Crippen LogP contribution is 2.15. The fourth-order valence-corrected chi connectivity index (χ4v) is 2.71. The third-order valence-electron chi connectivity index (χ3n) is 3.77. The van der Waals surface area contributed by atoms with Crippen LogP contribution in [0.2, 0.25) is 0 Å². The summed E-state index contributed by atoms with van der Waals surface area (Å²) in [6, 6.07) is 13.6. The highest BCUT2D eigenvalue weighted by atomic mass is 19.3. The monoisotopic (exact) mass is 364 g/mol. The molecule has 3 amide bonds. The second kappa shape index (κ2) is 8.91. The minimum absolute atomic E-state index is 0.0625. The van der Waals surface area contributed by atoms with Gasteiger partial charge in [0.1, 0.15) is 12.3 Å². The second-order valence-electron chi connectivity index (χ2n) is 5.74. The van der Waals surface area contributed by atoms with Crippen LogP contribution in [-0.4, -0.2) is 25.6 Å². The summed E-state index contributed by atoms with van der Waals surface area (Å²) in [7, 11) is 1.79. The minimum Gasteiger partial charge on any atom is -0.435 e. The summed E-state index contributed by atoms with van der Waals surface area (Å²) < 4.78 is 28.7. The Kier molecular flexibility index (Phi) is 6.62. The number of primary amides is 1. The molecule has 0 bridgehead atoms. The predicted molar refractivity (Wildman–Crippen MR) is 90.6 cm³/mol. The molecule has 2 aromatic carbocycles. The lowest BCUT2D eigenvalue weighted by Crippen LogP contribution is -3.09. The number of halogens is 2. The van der Waals surface area contributed by atoms with Crippen LogP contribution in [0.4, 0.5) is 13.6 Å². The van der Waals surface area contributed by atoms with E-state index in [-0.39, 0.29) is 5.75 Å². The first-order chi connectivity index (χ1) is 12.4. The van der Waals surface area contributed by atoms with Crippen LogP contribution in [0.15, 0.2) is 54.6 Å². The fourth-order valence-electron chi connectivity index (χ4n) is 2.71. The zero-order chi connectivity index (χ0) is 19.1. The lowest BCUT2D eigenvalue weighted by atomic mass is 10.0. The molecule has 0 saturated heterocycles. The van der Waals surface area contributed by atoms with Crippen LogP contribution in [0, 0.1) is 0 Å². The van der Waals surface area contributed by atoms with Gasteiger partial charge in [0, 0.05) is 11.1 Å². The molecule has 2 rings (SSSR count). The number of alkyl halides is 2. The van der Waals surface area contributed by atoms with Crippen molar-refractivity contribution in [2.45, 2.75) is 19.2 Å². The Morgan fingerprint density at radius 2 is 1.73 bits per heavy atom. The molecular formula is C18H20F2N3O3+. The summed E-state index contributed by atoms with van der Waals surface area (Å²) in [5.41, 5.74) is 6.60. The number of hydrogen-bond acceptors (Lipinski definition) is 3. The average Bonchev–Trinajstić information content (AvgIpc) is 2.56. The summed E-state index contributed by atoms with van der Waals surface area (Å²) in [5.74, 6) is -0.452. The number of benzene rings is 2. The zero-order valence-electron chi connectivity index (χ0n) is 14.1. The predicted octanol–water partition coefficient (Wildman–Crippen LogP) is 1.24. The number of imide groups is 1. The van der Waals surface area contributed by atoms with E-state index in [4.69, 9.17) is 5.73 Å². The first-order valence-electron chi connectivity index (χ1n) is 7.88. The van der Waals surface area contributed by atoms with Gasteiger partial charge in [-0.15, -0.1) is 0 Å². The van der Waals surface area contributed by atoms with Crippen LogP contribution in [0.3, 0.4) is 0 Å². The van der Waals surface area contributed by atoms with Gasteiger partial charge in [-0.1, -0.05) is 30.3 Å². The van der Waals surface area contributed by atoms with Gasteiger partial charge in [-0.3, -0.25) is 10.1 Å². The Morgan fingerprint density at radius 1 is 1.12 bits per heavy atom. The summed E-state index contributed by atoms with van der Waals surface area (Å²) >= 11 is 0. The van der Waals surface area contributed by atoms with Crippen LogP contribution in [0.1, 0.15) is 17.2 Å². The topological polar surface area (TPSA) is 85.9 Å². The van der Waals surface area contributed by atoms with Crippen molar-refractivity contribution in [1.29, 1.82) is 0 Å². The molecule has 0 heterocycles. The van der Waals surface area contributed by atoms with Crippen molar-refractivity contribution >= 4 is 11.9 Å². The molecular weight excluding hydrogens is 344 g/mol. The molecule has 26 heavy (non-hydrogen) atoms. The molecule has 0 aliphatic carbocycles. The summed E-state index contributed by atoms with van der Waals surface area (Å²) in [6.45, 7) is -2.46. The van der Waals surface area contributed by atoms with Crippen LogP contribution >= 0.6 is 0 Å². The number of nitrogens with one attached hydrogen (secondary N) is 2. The summed E-state index contributed by atoms with van der Waals surface area (Å²) in [6.07, 6.45) is 0. The number of hydrogen-bond donors (Lipinski definition) is 3. The van der Waals surface area contributed by atoms with Crippen molar-refractivity contribution in [3.05, 3.63) is 65.7 Å². The average molecular weight is 364 g/mol. The van der Waals surface area contributed by atoms with E-state index in [0.29, 0.717) is 6.54 Å². The largest absolute Gasteiger partial charge is 0.435 e. The lowest BCUT2D eigenvalue weighted by molar-refractivity contribution is -0.916. The van der Waals surface area contributed by atoms with E-state index in [9.17, 15) is 18.4 Å². The van der Waals surface area contributed by atoms with Gasteiger partial charge in [-0.25, -0.2) is 4.79 Å². The Hall–Kier alpha value is -3.00. The Bertz CT molecular complexity index is 739. The number of urea groups is 1. The van der Waals surface area contributed by atoms with Gasteiger partial charge < -0.3 is 15.4 Å². The van der Waals surface area contributed by atoms with Crippen molar-refractivity contribution in [2.75, 3.05) is 7.05 Å². The van der Waals surface area contributed by atoms with Crippen molar-refractivity contribution in [1.82, 2.24) is 5.32 Å². The lowest BCUT2D eigenvalue weighted by Gasteiger charge is -2.24. The summed E-state index contributed by atoms with van der Waals surface area (Å²) in [4.78, 5) is 24.3.